The fourth-order valence-electron chi connectivity index (χ4n) is 1.47. The Morgan fingerprint density at radius 3 is 1.95 bits per heavy atom. The maximum atomic E-state index is 9.00. The van der Waals surface area contributed by atoms with Crippen molar-refractivity contribution in [2.45, 2.75) is 65.2 Å². The van der Waals surface area contributed by atoms with Gasteiger partial charge in [-0.1, -0.05) is 56.9 Å². The second-order valence-electron chi connectivity index (χ2n) is 4.42. The van der Waals surface area contributed by atoms with Crippen molar-refractivity contribution in [3.8, 4) is 0 Å². The summed E-state index contributed by atoms with van der Waals surface area (Å²) in [5.41, 5.74) is 0. The molecule has 0 aliphatic carbocycles. The van der Waals surface area contributed by atoms with E-state index < -0.39 is 5.97 Å². The van der Waals surface area contributed by atoms with Gasteiger partial charge in [0, 0.05) is 13.5 Å². The normalized spacial score (nSPS) is 10.7. The molecule has 0 aromatic rings. The minimum absolute atomic E-state index is 0.354. The van der Waals surface area contributed by atoms with Crippen LogP contribution < -0.4 is 0 Å². The van der Waals surface area contributed by atoms with Crippen molar-refractivity contribution in [3.05, 3.63) is 24.3 Å². The Morgan fingerprint density at radius 1 is 0.947 bits per heavy atom. The van der Waals surface area contributed by atoms with Gasteiger partial charge in [-0.3, -0.25) is 4.79 Å². The van der Waals surface area contributed by atoms with Gasteiger partial charge in [-0.05, 0) is 25.7 Å². The van der Waals surface area contributed by atoms with Gasteiger partial charge in [0.1, 0.15) is 0 Å². The zero-order valence-corrected chi connectivity index (χ0v) is 12.5. The number of aliphatic carboxylic acids is 1. The van der Waals surface area contributed by atoms with Gasteiger partial charge < -0.3 is 10.2 Å². The predicted molar refractivity (Wildman–Crippen MR) is 81.3 cm³/mol. The largest absolute Gasteiger partial charge is 0.481 e. The lowest BCUT2D eigenvalue weighted by Gasteiger charge is -1.98. The van der Waals surface area contributed by atoms with Crippen LogP contribution in [0.1, 0.15) is 65.2 Å². The number of aliphatic hydroxyl groups is 1. The predicted octanol–water partition coefficient (Wildman–Crippen LogP) is 4.32. The molecule has 0 radical (unpaired) electrons. The quantitative estimate of drug-likeness (QED) is 0.459. The SMILES string of the molecule is CC(=O)O.CC/C=C/C=C/CCCCCCCCO. The topological polar surface area (TPSA) is 57.5 Å². The van der Waals surface area contributed by atoms with Gasteiger partial charge in [0.2, 0.25) is 0 Å². The lowest BCUT2D eigenvalue weighted by molar-refractivity contribution is -0.134. The number of rotatable bonds is 10. The summed E-state index contributed by atoms with van der Waals surface area (Å²) in [4.78, 5) is 9.00. The number of allylic oxidation sites excluding steroid dienone is 4. The van der Waals surface area contributed by atoms with E-state index in [1.54, 1.807) is 0 Å². The highest BCUT2D eigenvalue weighted by atomic mass is 16.4. The Balaban J connectivity index is 0. The molecule has 0 aliphatic heterocycles. The van der Waals surface area contributed by atoms with Crippen molar-refractivity contribution in [3.63, 3.8) is 0 Å². The third kappa shape index (κ3) is 31.6. The smallest absolute Gasteiger partial charge is 0.300 e. The first-order chi connectivity index (χ1) is 9.15. The van der Waals surface area contributed by atoms with Crippen LogP contribution in [0, 0.1) is 0 Å². The van der Waals surface area contributed by atoms with E-state index in [0.29, 0.717) is 6.61 Å². The van der Waals surface area contributed by atoms with E-state index in [-0.39, 0.29) is 0 Å². The molecule has 0 fully saturated rings. The first-order valence-corrected chi connectivity index (χ1v) is 7.27. The minimum atomic E-state index is -0.833. The summed E-state index contributed by atoms with van der Waals surface area (Å²) in [6, 6.07) is 0. The van der Waals surface area contributed by atoms with Crippen LogP contribution in [0.2, 0.25) is 0 Å². The number of aliphatic hydroxyl groups excluding tert-OH is 1. The van der Waals surface area contributed by atoms with Gasteiger partial charge >= 0.3 is 0 Å². The molecule has 0 aromatic heterocycles. The summed E-state index contributed by atoms with van der Waals surface area (Å²) in [6.07, 6.45) is 18.4. The third-order valence-corrected chi connectivity index (χ3v) is 2.40. The lowest BCUT2D eigenvalue weighted by Crippen LogP contribution is -1.83. The Labute approximate surface area is 118 Å². The van der Waals surface area contributed by atoms with Crippen LogP contribution in [0.5, 0.6) is 0 Å². The highest BCUT2D eigenvalue weighted by Gasteiger charge is 1.89. The van der Waals surface area contributed by atoms with Gasteiger partial charge in [0.25, 0.3) is 5.97 Å². The zero-order chi connectivity index (χ0) is 14.8. The van der Waals surface area contributed by atoms with E-state index in [0.717, 1.165) is 19.8 Å². The average Bonchev–Trinajstić information content (AvgIpc) is 2.35. The van der Waals surface area contributed by atoms with Crippen LogP contribution in [0.25, 0.3) is 0 Å². The fourth-order valence-corrected chi connectivity index (χ4v) is 1.47. The van der Waals surface area contributed by atoms with Gasteiger partial charge in [0.05, 0.1) is 0 Å². The summed E-state index contributed by atoms with van der Waals surface area (Å²) in [5, 5.41) is 16.0. The van der Waals surface area contributed by atoms with Crippen molar-refractivity contribution in [2.75, 3.05) is 6.61 Å². The van der Waals surface area contributed by atoms with E-state index in [1.165, 1.54) is 38.5 Å². The maximum Gasteiger partial charge on any atom is 0.300 e. The molecule has 0 saturated carbocycles. The molecular weight excluding hydrogens is 240 g/mol. The summed E-state index contributed by atoms with van der Waals surface area (Å²) >= 11 is 0. The third-order valence-electron chi connectivity index (χ3n) is 2.40. The Kier molecular flexibility index (Phi) is 20.5. The fraction of sp³-hybridized carbons (Fsp3) is 0.688. The van der Waals surface area contributed by atoms with Crippen LogP contribution >= 0.6 is 0 Å². The van der Waals surface area contributed by atoms with Crippen LogP contribution in [-0.2, 0) is 4.79 Å². The Morgan fingerprint density at radius 2 is 1.42 bits per heavy atom. The molecule has 2 N–H and O–H groups in total. The average molecular weight is 270 g/mol. The number of hydrogen-bond donors (Lipinski definition) is 2. The molecule has 0 rings (SSSR count). The molecule has 0 saturated heterocycles. The minimum Gasteiger partial charge on any atom is -0.481 e. The molecule has 0 aromatic carbocycles. The van der Waals surface area contributed by atoms with Crippen LogP contribution in [0.4, 0.5) is 0 Å². The van der Waals surface area contributed by atoms with Crippen molar-refractivity contribution >= 4 is 5.97 Å². The van der Waals surface area contributed by atoms with Gasteiger partial charge in [-0.15, -0.1) is 0 Å². The van der Waals surface area contributed by atoms with Gasteiger partial charge in [-0.2, -0.15) is 0 Å². The molecule has 3 heteroatoms. The van der Waals surface area contributed by atoms with Crippen molar-refractivity contribution in [1.82, 2.24) is 0 Å². The van der Waals surface area contributed by atoms with Crippen LogP contribution in [-0.4, -0.2) is 22.8 Å². The molecule has 0 atom stereocenters. The maximum absolute atomic E-state index is 9.00. The van der Waals surface area contributed by atoms with Crippen molar-refractivity contribution in [1.29, 1.82) is 0 Å². The lowest BCUT2D eigenvalue weighted by atomic mass is 10.1. The molecule has 19 heavy (non-hydrogen) atoms. The molecule has 0 heterocycles. The van der Waals surface area contributed by atoms with Crippen LogP contribution in [0.3, 0.4) is 0 Å². The first kappa shape index (κ1) is 20.2. The first-order valence-electron chi connectivity index (χ1n) is 7.27. The van der Waals surface area contributed by atoms with Gasteiger partial charge in [-0.25, -0.2) is 0 Å². The van der Waals surface area contributed by atoms with E-state index in [9.17, 15) is 0 Å². The molecule has 112 valence electrons. The number of carboxylic acids is 1. The Bertz CT molecular complexity index is 228. The van der Waals surface area contributed by atoms with E-state index in [1.807, 2.05) is 0 Å². The molecular formula is C16H30O3. The van der Waals surface area contributed by atoms with Crippen molar-refractivity contribution in [2.24, 2.45) is 0 Å². The second-order valence-corrected chi connectivity index (χ2v) is 4.42. The van der Waals surface area contributed by atoms with E-state index in [2.05, 4.69) is 31.2 Å². The molecule has 0 amide bonds. The zero-order valence-electron chi connectivity index (χ0n) is 12.5. The highest BCUT2D eigenvalue weighted by molar-refractivity contribution is 5.62. The highest BCUT2D eigenvalue weighted by Crippen LogP contribution is 2.07. The number of unbranched alkanes of at least 4 members (excludes halogenated alkanes) is 6. The monoisotopic (exact) mass is 270 g/mol. The molecule has 3 nitrogen and oxygen atoms in total. The summed E-state index contributed by atoms with van der Waals surface area (Å²) in [5.74, 6) is -0.833. The molecule has 0 spiro atoms. The van der Waals surface area contributed by atoms with Crippen molar-refractivity contribution < 1.29 is 15.0 Å². The number of hydrogen-bond acceptors (Lipinski definition) is 2. The van der Waals surface area contributed by atoms with Crippen LogP contribution in [0.15, 0.2) is 24.3 Å². The second kappa shape index (κ2) is 19.3. The summed E-state index contributed by atoms with van der Waals surface area (Å²) < 4.78 is 0. The van der Waals surface area contributed by atoms with E-state index >= 15 is 0 Å². The van der Waals surface area contributed by atoms with E-state index in [4.69, 9.17) is 15.0 Å². The summed E-state index contributed by atoms with van der Waals surface area (Å²) in [6.45, 7) is 3.59. The number of carbonyl (C=O) groups is 1. The summed E-state index contributed by atoms with van der Waals surface area (Å²) in [7, 11) is 0. The molecule has 0 aliphatic rings. The Hall–Kier alpha value is -1.09. The van der Waals surface area contributed by atoms with Gasteiger partial charge in [0.15, 0.2) is 0 Å². The molecule has 0 bridgehead atoms. The molecule has 0 unspecified atom stereocenters. The number of carboxylic acid groups (broad SMARTS) is 1. The standard InChI is InChI=1S/C14H26O.C2H4O2/c1-2-3-4-5-6-7-8-9-10-11-12-13-14-15;1-2(3)4/h3-6,15H,2,7-14H2,1H3;1H3,(H,3,4)/b4-3+,6-5+;.